The number of carbonyl (C=O) groups excluding carboxylic acids is 2. The van der Waals surface area contributed by atoms with Gasteiger partial charge in [-0.2, -0.15) is 0 Å². The normalized spacial score (nSPS) is 14.1. The molecule has 5 rings (SSSR count). The molecule has 4 aromatic rings. The van der Waals surface area contributed by atoms with Crippen molar-refractivity contribution >= 4 is 27.5 Å². The predicted molar refractivity (Wildman–Crippen MR) is 183 cm³/mol. The zero-order chi connectivity index (χ0) is 32.7. The first kappa shape index (κ1) is 32.9. The van der Waals surface area contributed by atoms with E-state index in [0.717, 1.165) is 57.8 Å². The van der Waals surface area contributed by atoms with E-state index >= 15 is 0 Å². The average molecular weight is 638 g/mol. The van der Waals surface area contributed by atoms with Crippen molar-refractivity contribution in [1.82, 2.24) is 10.2 Å². The zero-order valence-corrected chi connectivity index (χ0v) is 27.7. The van der Waals surface area contributed by atoms with E-state index in [-0.39, 0.29) is 23.4 Å². The van der Waals surface area contributed by atoms with Crippen LogP contribution in [-0.4, -0.2) is 43.8 Å². The van der Waals surface area contributed by atoms with Crippen molar-refractivity contribution in [1.29, 1.82) is 0 Å². The second-order valence-electron chi connectivity index (χ2n) is 12.4. The van der Waals surface area contributed by atoms with E-state index in [4.69, 9.17) is 0 Å². The fourth-order valence-corrected chi connectivity index (χ4v) is 7.42. The number of hydrogen-bond acceptors (Lipinski definition) is 4. The van der Waals surface area contributed by atoms with Crippen LogP contribution in [0.15, 0.2) is 108 Å². The Bertz CT molecular complexity index is 1730. The highest BCUT2D eigenvalue weighted by molar-refractivity contribution is 7.92. The highest BCUT2D eigenvalue weighted by atomic mass is 32.2. The first-order valence-corrected chi connectivity index (χ1v) is 17.4. The van der Waals surface area contributed by atoms with Gasteiger partial charge in [-0.15, -0.1) is 0 Å². The fraction of sp³-hybridized carbons (Fsp3) is 0.316. The largest absolute Gasteiger partial charge is 0.352 e. The molecule has 0 saturated heterocycles. The van der Waals surface area contributed by atoms with Gasteiger partial charge >= 0.3 is 0 Å². The minimum atomic E-state index is -4.13. The Hall–Kier alpha value is -4.43. The number of nitrogens with zero attached hydrogens (tertiary/aromatic N) is 2. The molecular weight excluding hydrogens is 595 g/mol. The molecule has 1 unspecified atom stereocenters. The lowest BCUT2D eigenvalue weighted by molar-refractivity contribution is -0.140. The molecule has 0 heterocycles. The molecule has 0 bridgehead atoms. The number of aryl methyl sites for hydroxylation is 3. The van der Waals surface area contributed by atoms with E-state index in [0.29, 0.717) is 12.1 Å². The van der Waals surface area contributed by atoms with Crippen LogP contribution < -0.4 is 9.62 Å². The molecule has 7 nitrogen and oxygen atoms in total. The summed E-state index contributed by atoms with van der Waals surface area (Å²) in [5.74, 6) is -0.680. The second kappa shape index (κ2) is 14.8. The molecule has 0 aliphatic heterocycles. The summed E-state index contributed by atoms with van der Waals surface area (Å²) in [4.78, 5) is 30.4. The minimum absolute atomic E-state index is 0.0627. The number of benzene rings is 4. The van der Waals surface area contributed by atoms with Crippen LogP contribution in [0.4, 0.5) is 5.69 Å². The van der Waals surface area contributed by atoms with Gasteiger partial charge in [-0.3, -0.25) is 13.9 Å². The monoisotopic (exact) mass is 637 g/mol. The summed E-state index contributed by atoms with van der Waals surface area (Å²) in [6.45, 7) is 5.49. The first-order chi connectivity index (χ1) is 22.1. The van der Waals surface area contributed by atoms with Crippen LogP contribution in [0.2, 0.25) is 0 Å². The van der Waals surface area contributed by atoms with Gasteiger partial charge in [0.1, 0.15) is 12.6 Å². The molecule has 0 spiro atoms. The van der Waals surface area contributed by atoms with Crippen LogP contribution >= 0.6 is 0 Å². The molecular formula is C38H43N3O4S. The number of sulfonamides is 1. The van der Waals surface area contributed by atoms with Crippen LogP contribution in [0.25, 0.3) is 0 Å². The van der Waals surface area contributed by atoms with Crippen molar-refractivity contribution in [2.45, 2.75) is 76.4 Å². The number of amides is 2. The number of hydrogen-bond donors (Lipinski definition) is 1. The van der Waals surface area contributed by atoms with Gasteiger partial charge in [0.25, 0.3) is 10.0 Å². The van der Waals surface area contributed by atoms with Crippen LogP contribution in [0, 0.1) is 20.8 Å². The molecule has 1 saturated carbocycles. The van der Waals surface area contributed by atoms with Crippen molar-refractivity contribution in [3.63, 3.8) is 0 Å². The maximum Gasteiger partial charge on any atom is 0.264 e. The summed E-state index contributed by atoms with van der Waals surface area (Å²) in [6.07, 6.45) is 4.23. The van der Waals surface area contributed by atoms with Gasteiger partial charge in [0, 0.05) is 19.0 Å². The topological polar surface area (TPSA) is 86.8 Å². The third kappa shape index (κ3) is 8.23. The maximum absolute atomic E-state index is 14.6. The predicted octanol–water partition coefficient (Wildman–Crippen LogP) is 6.51. The van der Waals surface area contributed by atoms with Crippen molar-refractivity contribution in [2.75, 3.05) is 10.8 Å². The molecule has 46 heavy (non-hydrogen) atoms. The summed E-state index contributed by atoms with van der Waals surface area (Å²) < 4.78 is 29.5. The van der Waals surface area contributed by atoms with E-state index in [1.807, 2.05) is 87.5 Å². The smallest absolute Gasteiger partial charge is 0.264 e. The number of carbonyl (C=O) groups is 2. The van der Waals surface area contributed by atoms with E-state index in [9.17, 15) is 18.0 Å². The zero-order valence-electron chi connectivity index (χ0n) is 26.9. The quantitative estimate of drug-likeness (QED) is 0.192. The molecule has 1 N–H and O–H groups in total. The Labute approximate surface area is 273 Å². The molecule has 1 aliphatic carbocycles. The Morgan fingerprint density at radius 1 is 0.761 bits per heavy atom. The molecule has 1 aliphatic rings. The van der Waals surface area contributed by atoms with Crippen molar-refractivity contribution in [3.8, 4) is 0 Å². The van der Waals surface area contributed by atoms with Crippen LogP contribution in [-0.2, 0) is 32.6 Å². The summed E-state index contributed by atoms with van der Waals surface area (Å²) in [5, 5.41) is 3.22. The molecule has 4 aromatic carbocycles. The Balaban J connectivity index is 1.56. The third-order valence-electron chi connectivity index (χ3n) is 8.62. The van der Waals surface area contributed by atoms with Gasteiger partial charge in [-0.05, 0) is 69.0 Å². The lowest BCUT2D eigenvalue weighted by atomic mass is 10.0. The summed E-state index contributed by atoms with van der Waals surface area (Å²) >= 11 is 0. The molecule has 1 atom stereocenters. The van der Waals surface area contributed by atoms with Crippen molar-refractivity contribution in [3.05, 3.63) is 131 Å². The van der Waals surface area contributed by atoms with Gasteiger partial charge in [-0.1, -0.05) is 108 Å². The van der Waals surface area contributed by atoms with Crippen LogP contribution in [0.5, 0.6) is 0 Å². The highest BCUT2D eigenvalue weighted by Gasteiger charge is 2.35. The van der Waals surface area contributed by atoms with Gasteiger partial charge in [0.05, 0.1) is 10.6 Å². The van der Waals surface area contributed by atoms with E-state index in [2.05, 4.69) is 5.32 Å². The molecule has 0 radical (unpaired) electrons. The van der Waals surface area contributed by atoms with Crippen molar-refractivity contribution in [2.24, 2.45) is 0 Å². The van der Waals surface area contributed by atoms with Gasteiger partial charge < -0.3 is 10.2 Å². The number of rotatable bonds is 12. The SMILES string of the molecule is Cc1ccc(N(CC(=O)N(Cc2cccc(C)c2)C(Cc2ccccc2)C(=O)NC2CCCC2)S(=O)(=O)c2ccc(C)cc2)cc1. The van der Waals surface area contributed by atoms with Crippen LogP contribution in [0.1, 0.15) is 53.5 Å². The first-order valence-electron chi connectivity index (χ1n) is 16.0. The third-order valence-corrected chi connectivity index (χ3v) is 10.4. The molecule has 1 fully saturated rings. The number of anilines is 1. The molecule has 0 aromatic heterocycles. The highest BCUT2D eigenvalue weighted by Crippen LogP contribution is 2.26. The van der Waals surface area contributed by atoms with Gasteiger partial charge in [0.15, 0.2) is 0 Å². The Kier molecular flexibility index (Phi) is 10.6. The van der Waals surface area contributed by atoms with Gasteiger partial charge in [-0.25, -0.2) is 8.42 Å². The lowest BCUT2D eigenvalue weighted by Crippen LogP contribution is -2.54. The summed E-state index contributed by atoms with van der Waals surface area (Å²) in [6, 6.07) is 30.4. The van der Waals surface area contributed by atoms with E-state index in [1.54, 1.807) is 41.3 Å². The minimum Gasteiger partial charge on any atom is -0.352 e. The molecule has 240 valence electrons. The molecule has 8 heteroatoms. The van der Waals surface area contributed by atoms with Gasteiger partial charge in [0.2, 0.25) is 11.8 Å². The van der Waals surface area contributed by atoms with E-state index in [1.165, 1.54) is 0 Å². The fourth-order valence-electron chi connectivity index (χ4n) is 6.01. The lowest BCUT2D eigenvalue weighted by Gasteiger charge is -2.34. The average Bonchev–Trinajstić information content (AvgIpc) is 3.55. The van der Waals surface area contributed by atoms with E-state index < -0.39 is 28.5 Å². The van der Waals surface area contributed by atoms with Crippen molar-refractivity contribution < 1.29 is 18.0 Å². The standard InChI is InChI=1S/C38H43N3O4S/c1-28-16-20-34(21-17-28)41(46(44,45)35-22-18-29(2)19-23-35)27-37(42)40(26-32-13-9-10-30(3)24-32)36(25-31-11-5-4-6-12-31)38(43)39-33-14-7-8-15-33/h4-6,9-13,16-24,33,36H,7-8,14-15,25-27H2,1-3H3,(H,39,43). The number of nitrogens with one attached hydrogen (secondary N) is 1. The summed E-state index contributed by atoms with van der Waals surface area (Å²) in [7, 11) is -4.13. The summed E-state index contributed by atoms with van der Waals surface area (Å²) in [5.41, 5.74) is 5.09. The maximum atomic E-state index is 14.6. The Morgan fingerprint density at radius 2 is 1.37 bits per heavy atom. The molecule has 2 amide bonds. The Morgan fingerprint density at radius 3 is 2.00 bits per heavy atom. The second-order valence-corrected chi connectivity index (χ2v) is 14.2. The van der Waals surface area contributed by atoms with Crippen LogP contribution in [0.3, 0.4) is 0 Å².